The van der Waals surface area contributed by atoms with Gasteiger partial charge in [-0.2, -0.15) is 0 Å². The first kappa shape index (κ1) is 22.1. The second-order valence-electron chi connectivity index (χ2n) is 4.99. The number of hydrogen-bond donors (Lipinski definition) is 2. The molecule has 24 heavy (non-hydrogen) atoms. The van der Waals surface area contributed by atoms with Crippen molar-refractivity contribution in [3.05, 3.63) is 54.0 Å². The molecule has 1 unspecified atom stereocenters. The summed E-state index contributed by atoms with van der Waals surface area (Å²) in [5.41, 5.74) is 6.27. The minimum Gasteiger partial charge on any atom is -0.439 e. The number of benzene rings is 1. The number of amides is 1. The Labute approximate surface area is 152 Å². The fourth-order valence-corrected chi connectivity index (χ4v) is 1.85. The van der Waals surface area contributed by atoms with Gasteiger partial charge < -0.3 is 15.8 Å². The van der Waals surface area contributed by atoms with Crippen LogP contribution in [0.3, 0.4) is 0 Å². The summed E-state index contributed by atoms with van der Waals surface area (Å²) >= 11 is 0. The zero-order chi connectivity index (χ0) is 15.9. The van der Waals surface area contributed by atoms with Crippen molar-refractivity contribution in [1.29, 1.82) is 0 Å². The van der Waals surface area contributed by atoms with E-state index in [0.717, 1.165) is 0 Å². The van der Waals surface area contributed by atoms with Gasteiger partial charge in [-0.15, -0.1) is 24.8 Å². The maximum atomic E-state index is 13.2. The molecule has 1 amide bonds. The largest absolute Gasteiger partial charge is 0.439 e. The summed E-state index contributed by atoms with van der Waals surface area (Å²) in [5.74, 6) is 0.145. The third-order valence-corrected chi connectivity index (χ3v) is 2.84. The van der Waals surface area contributed by atoms with Crippen LogP contribution in [0, 0.1) is 5.82 Å². The minimum atomic E-state index is -0.389. The van der Waals surface area contributed by atoms with Gasteiger partial charge in [-0.1, -0.05) is 12.1 Å². The van der Waals surface area contributed by atoms with Crippen LogP contribution in [0.5, 0.6) is 11.6 Å². The zero-order valence-electron chi connectivity index (χ0n) is 13.1. The number of hydrogen-bond acceptors (Lipinski definition) is 4. The van der Waals surface area contributed by atoms with Gasteiger partial charge in [-0.25, -0.2) is 9.37 Å². The van der Waals surface area contributed by atoms with E-state index < -0.39 is 0 Å². The Hall–Kier alpha value is -1.89. The van der Waals surface area contributed by atoms with Crippen molar-refractivity contribution >= 4 is 30.7 Å². The van der Waals surface area contributed by atoms with E-state index in [9.17, 15) is 9.18 Å². The van der Waals surface area contributed by atoms with Gasteiger partial charge in [0.05, 0.1) is 0 Å². The second-order valence-corrected chi connectivity index (χ2v) is 4.99. The number of nitrogens with one attached hydrogen (secondary N) is 1. The highest BCUT2D eigenvalue weighted by Crippen LogP contribution is 2.23. The fraction of sp³-hybridized carbons (Fsp3) is 0.250. The van der Waals surface area contributed by atoms with Gasteiger partial charge in [-0.05, 0) is 25.1 Å². The van der Waals surface area contributed by atoms with Crippen LogP contribution in [0.25, 0.3) is 0 Å². The van der Waals surface area contributed by atoms with Crippen molar-refractivity contribution in [2.45, 2.75) is 25.9 Å². The third-order valence-electron chi connectivity index (χ3n) is 2.84. The number of rotatable bonds is 6. The third kappa shape index (κ3) is 7.12. The Balaban J connectivity index is 0.00000264. The lowest BCUT2D eigenvalue weighted by Gasteiger charge is -2.11. The first-order valence-corrected chi connectivity index (χ1v) is 6.94. The SMILES string of the molecule is CC(N)CC(=O)NCc1cccnc1Oc1cccc(F)c1.Cl.Cl. The average Bonchev–Trinajstić information content (AvgIpc) is 2.46. The number of carbonyl (C=O) groups is 1. The Morgan fingerprint density at radius 3 is 2.75 bits per heavy atom. The number of nitrogens with two attached hydrogens (primary N) is 1. The summed E-state index contributed by atoms with van der Waals surface area (Å²) in [6, 6.07) is 9.12. The minimum absolute atomic E-state index is 0. The summed E-state index contributed by atoms with van der Waals surface area (Å²) in [6.07, 6.45) is 1.82. The smallest absolute Gasteiger partial charge is 0.224 e. The predicted molar refractivity (Wildman–Crippen MR) is 95.3 cm³/mol. The molecule has 1 atom stereocenters. The van der Waals surface area contributed by atoms with Crippen LogP contribution >= 0.6 is 24.8 Å². The summed E-state index contributed by atoms with van der Waals surface area (Å²) in [5, 5.41) is 2.75. The monoisotopic (exact) mass is 375 g/mol. The number of carbonyl (C=O) groups excluding carboxylic acids is 1. The first-order valence-electron chi connectivity index (χ1n) is 6.94. The van der Waals surface area contributed by atoms with Gasteiger partial charge in [0.2, 0.25) is 11.8 Å². The number of pyridine rings is 1. The van der Waals surface area contributed by atoms with Crippen molar-refractivity contribution in [1.82, 2.24) is 10.3 Å². The maximum absolute atomic E-state index is 13.2. The van der Waals surface area contributed by atoms with Crippen molar-refractivity contribution in [2.75, 3.05) is 0 Å². The van der Waals surface area contributed by atoms with Crippen LogP contribution in [0.1, 0.15) is 18.9 Å². The molecule has 0 fully saturated rings. The highest BCUT2D eigenvalue weighted by Gasteiger charge is 2.09. The molecule has 2 aromatic rings. The summed E-state index contributed by atoms with van der Waals surface area (Å²) < 4.78 is 18.8. The number of halogens is 3. The molecule has 5 nitrogen and oxygen atoms in total. The topological polar surface area (TPSA) is 77.2 Å². The van der Waals surface area contributed by atoms with Crippen molar-refractivity contribution in [3.63, 3.8) is 0 Å². The highest BCUT2D eigenvalue weighted by atomic mass is 35.5. The van der Waals surface area contributed by atoms with E-state index >= 15 is 0 Å². The van der Waals surface area contributed by atoms with Crippen molar-refractivity contribution in [2.24, 2.45) is 5.73 Å². The molecule has 3 N–H and O–H groups in total. The normalized spacial score (nSPS) is 10.8. The standard InChI is InChI=1S/C16H18FN3O2.2ClH/c1-11(18)8-15(21)20-10-12-4-3-7-19-16(12)22-14-6-2-5-13(17)9-14;;/h2-7,9,11H,8,10,18H2,1H3,(H,20,21);2*1H. The Bertz CT molecular complexity index is 657. The van der Waals surface area contributed by atoms with Gasteiger partial charge in [0.25, 0.3) is 0 Å². The highest BCUT2D eigenvalue weighted by molar-refractivity contribution is 5.85. The van der Waals surface area contributed by atoms with E-state index in [1.165, 1.54) is 12.1 Å². The lowest BCUT2D eigenvalue weighted by molar-refractivity contribution is -0.121. The summed E-state index contributed by atoms with van der Waals surface area (Å²) in [6.45, 7) is 2.03. The van der Waals surface area contributed by atoms with Crippen LogP contribution < -0.4 is 15.8 Å². The molecule has 1 aromatic heterocycles. The second kappa shape index (κ2) is 10.8. The van der Waals surface area contributed by atoms with E-state index in [0.29, 0.717) is 17.2 Å². The number of nitrogens with zero attached hydrogens (tertiary/aromatic N) is 1. The van der Waals surface area contributed by atoms with Crippen LogP contribution in [-0.4, -0.2) is 16.9 Å². The van der Waals surface area contributed by atoms with Gasteiger partial charge in [-0.3, -0.25) is 4.79 Å². The molecule has 0 aliphatic rings. The van der Waals surface area contributed by atoms with E-state index in [1.807, 2.05) is 0 Å². The molecule has 2 rings (SSSR count). The molecule has 0 aliphatic heterocycles. The van der Waals surface area contributed by atoms with Crippen LogP contribution in [0.2, 0.25) is 0 Å². The van der Waals surface area contributed by atoms with E-state index in [4.69, 9.17) is 10.5 Å². The van der Waals surface area contributed by atoms with Crippen LogP contribution in [0.15, 0.2) is 42.6 Å². The summed E-state index contributed by atoms with van der Waals surface area (Å²) in [4.78, 5) is 15.8. The molecule has 0 bridgehead atoms. The molecular weight excluding hydrogens is 356 g/mol. The molecule has 8 heteroatoms. The fourth-order valence-electron chi connectivity index (χ4n) is 1.85. The molecule has 0 aliphatic carbocycles. The Morgan fingerprint density at radius 1 is 1.33 bits per heavy atom. The lowest BCUT2D eigenvalue weighted by atomic mass is 10.2. The van der Waals surface area contributed by atoms with Gasteiger partial charge >= 0.3 is 0 Å². The molecule has 0 spiro atoms. The quantitative estimate of drug-likeness (QED) is 0.812. The van der Waals surface area contributed by atoms with Crippen molar-refractivity contribution in [3.8, 4) is 11.6 Å². The molecule has 132 valence electrons. The average molecular weight is 376 g/mol. The Kier molecular flexibility index (Phi) is 9.95. The van der Waals surface area contributed by atoms with Crippen LogP contribution in [-0.2, 0) is 11.3 Å². The van der Waals surface area contributed by atoms with Crippen molar-refractivity contribution < 1.29 is 13.9 Å². The first-order chi connectivity index (χ1) is 10.5. The van der Waals surface area contributed by atoms with Gasteiger partial charge in [0, 0.05) is 36.8 Å². The zero-order valence-corrected chi connectivity index (χ0v) is 14.7. The van der Waals surface area contributed by atoms with E-state index in [-0.39, 0.29) is 55.5 Å². The van der Waals surface area contributed by atoms with Crippen LogP contribution in [0.4, 0.5) is 4.39 Å². The molecule has 0 saturated carbocycles. The Morgan fingerprint density at radius 2 is 2.08 bits per heavy atom. The molecular formula is C16H20Cl2FN3O2. The summed E-state index contributed by atoms with van der Waals surface area (Å²) in [7, 11) is 0. The maximum Gasteiger partial charge on any atom is 0.224 e. The predicted octanol–water partition coefficient (Wildman–Crippen LogP) is 3.21. The molecule has 0 radical (unpaired) electrons. The van der Waals surface area contributed by atoms with Gasteiger partial charge in [0.15, 0.2) is 0 Å². The number of ether oxygens (including phenoxy) is 1. The molecule has 0 saturated heterocycles. The molecule has 1 heterocycles. The van der Waals surface area contributed by atoms with E-state index in [2.05, 4.69) is 10.3 Å². The molecule has 1 aromatic carbocycles. The van der Waals surface area contributed by atoms with Gasteiger partial charge in [0.1, 0.15) is 11.6 Å². The number of aromatic nitrogens is 1. The lowest BCUT2D eigenvalue weighted by Crippen LogP contribution is -2.29. The van der Waals surface area contributed by atoms with E-state index in [1.54, 1.807) is 37.4 Å².